The van der Waals surface area contributed by atoms with Crippen LogP contribution in [0.3, 0.4) is 0 Å². The van der Waals surface area contributed by atoms with Crippen molar-refractivity contribution >= 4 is 29.8 Å². The highest BCUT2D eigenvalue weighted by Gasteiger charge is 2.49. The van der Waals surface area contributed by atoms with Gasteiger partial charge in [0.25, 0.3) is 11.8 Å². The van der Waals surface area contributed by atoms with Gasteiger partial charge in [-0.1, -0.05) is 18.2 Å². The summed E-state index contributed by atoms with van der Waals surface area (Å²) in [6.45, 7) is 6.42. The highest BCUT2D eigenvalue weighted by Crippen LogP contribution is 2.39. The van der Waals surface area contributed by atoms with Gasteiger partial charge in [-0.15, -0.1) is 5.06 Å². The maximum atomic E-state index is 13.6. The van der Waals surface area contributed by atoms with Crippen LogP contribution in [0.25, 0.3) is 5.69 Å². The molecular formula is C31H42N6O9. The fourth-order valence-electron chi connectivity index (χ4n) is 5.14. The number of carbonyl (C=O) groups excluding carboxylic acids is 4. The quantitative estimate of drug-likeness (QED) is 0.307. The molecule has 15 nitrogen and oxygen atoms in total. The van der Waals surface area contributed by atoms with Gasteiger partial charge in [-0.05, 0) is 58.6 Å². The van der Waals surface area contributed by atoms with Gasteiger partial charge in [-0.25, -0.2) is 9.48 Å². The van der Waals surface area contributed by atoms with Crippen LogP contribution < -0.4 is 10.1 Å². The molecule has 250 valence electrons. The first-order valence-corrected chi connectivity index (χ1v) is 15.5. The van der Waals surface area contributed by atoms with Crippen LogP contribution in [0.1, 0.15) is 63.4 Å². The molecule has 1 aromatic carbocycles. The van der Waals surface area contributed by atoms with Crippen LogP contribution >= 0.6 is 0 Å². The van der Waals surface area contributed by atoms with E-state index in [0.29, 0.717) is 18.5 Å². The number of nitrogens with zero attached hydrogens (tertiary/aromatic N) is 5. The number of carboxylic acids is 1. The number of carbonyl (C=O) groups is 5. The summed E-state index contributed by atoms with van der Waals surface area (Å²) < 4.78 is 12.6. The van der Waals surface area contributed by atoms with E-state index in [-0.39, 0.29) is 69.2 Å². The minimum Gasteiger partial charge on any atom is -0.481 e. The van der Waals surface area contributed by atoms with Crippen molar-refractivity contribution in [3.63, 3.8) is 0 Å². The second-order valence-corrected chi connectivity index (χ2v) is 11.6. The third-order valence-corrected chi connectivity index (χ3v) is 8.12. The van der Waals surface area contributed by atoms with Crippen LogP contribution in [0, 0.1) is 0 Å². The van der Waals surface area contributed by atoms with Gasteiger partial charge in [-0.3, -0.25) is 19.2 Å². The maximum Gasteiger partial charge on any atom is 0.527 e. The smallest absolute Gasteiger partial charge is 0.481 e. The van der Waals surface area contributed by atoms with E-state index in [4.69, 9.17) is 14.3 Å². The number of piperazine rings is 1. The largest absolute Gasteiger partial charge is 0.527 e. The number of hydroxylamine groups is 2. The number of benzene rings is 1. The Morgan fingerprint density at radius 2 is 1.74 bits per heavy atom. The highest BCUT2D eigenvalue weighted by molar-refractivity contribution is 5.96. The van der Waals surface area contributed by atoms with Gasteiger partial charge in [0.1, 0.15) is 6.04 Å². The van der Waals surface area contributed by atoms with Crippen LogP contribution in [0.15, 0.2) is 36.4 Å². The zero-order valence-corrected chi connectivity index (χ0v) is 26.6. The lowest BCUT2D eigenvalue weighted by Gasteiger charge is -2.43. The minimum atomic E-state index is -1.16. The molecule has 15 heteroatoms. The van der Waals surface area contributed by atoms with Gasteiger partial charge >= 0.3 is 12.1 Å². The van der Waals surface area contributed by atoms with Gasteiger partial charge in [0, 0.05) is 38.7 Å². The van der Waals surface area contributed by atoms with Crippen molar-refractivity contribution < 1.29 is 43.4 Å². The van der Waals surface area contributed by atoms with Crippen LogP contribution in [-0.4, -0.2) is 117 Å². The van der Waals surface area contributed by atoms with Crippen molar-refractivity contribution in [2.45, 2.75) is 70.6 Å². The van der Waals surface area contributed by atoms with Gasteiger partial charge in [0.2, 0.25) is 11.8 Å². The third-order valence-electron chi connectivity index (χ3n) is 8.12. The molecule has 2 fully saturated rings. The number of amides is 3. The van der Waals surface area contributed by atoms with Crippen molar-refractivity contribution in [2.75, 3.05) is 39.8 Å². The molecule has 2 aliphatic rings. The van der Waals surface area contributed by atoms with Crippen molar-refractivity contribution in [1.29, 1.82) is 0 Å². The summed E-state index contributed by atoms with van der Waals surface area (Å²) in [5.74, 6) is -2.27. The molecule has 1 aromatic heterocycles. The Kier molecular flexibility index (Phi) is 11.2. The molecule has 0 bridgehead atoms. The number of hydrogen-bond acceptors (Lipinski definition) is 10. The van der Waals surface area contributed by atoms with E-state index in [2.05, 4.69) is 10.4 Å². The lowest BCUT2D eigenvalue weighted by molar-refractivity contribution is -0.158. The second-order valence-electron chi connectivity index (χ2n) is 11.6. The zero-order chi connectivity index (χ0) is 33.4. The Balaban J connectivity index is 1.54. The third kappa shape index (κ3) is 8.13. The summed E-state index contributed by atoms with van der Waals surface area (Å²) in [6, 6.07) is 9.22. The molecule has 4 rings (SSSR count). The van der Waals surface area contributed by atoms with Gasteiger partial charge < -0.3 is 34.5 Å². The van der Waals surface area contributed by atoms with E-state index in [0.717, 1.165) is 6.42 Å². The molecule has 2 aromatic rings. The van der Waals surface area contributed by atoms with Crippen molar-refractivity contribution in [3.05, 3.63) is 42.1 Å². The molecular weight excluding hydrogens is 600 g/mol. The molecule has 1 saturated carbocycles. The standard InChI is InChI=1S/C31H42N6O9/c1-5-44-30(43)46-36-18-16-35(17-19-36)28(41)23(12-13-26(38)39)32-27(40)24-20-25(37(33-24)22-10-7-6-8-11-22)45-31(14-9-15-31)29(42)34(4)21(2)3/h6-8,10-11,20-21,23H,5,9,12-19H2,1-4H3,(H,32,40)(H,38,39)/t23-/m0/s1. The summed E-state index contributed by atoms with van der Waals surface area (Å²) in [5, 5.41) is 17.8. The van der Waals surface area contributed by atoms with Gasteiger partial charge in [-0.2, -0.15) is 5.10 Å². The summed E-state index contributed by atoms with van der Waals surface area (Å²) in [4.78, 5) is 71.8. The van der Waals surface area contributed by atoms with Gasteiger partial charge in [0.15, 0.2) is 11.3 Å². The normalized spacial score (nSPS) is 16.6. The van der Waals surface area contributed by atoms with E-state index < -0.39 is 35.6 Å². The number of nitrogens with one attached hydrogen (secondary N) is 1. The predicted molar refractivity (Wildman–Crippen MR) is 163 cm³/mol. The summed E-state index contributed by atoms with van der Waals surface area (Å²) in [7, 11) is 1.73. The Labute approximate surface area is 267 Å². The first-order valence-electron chi connectivity index (χ1n) is 15.5. The molecule has 1 atom stereocenters. The number of aliphatic carboxylic acids is 1. The number of likely N-dealkylation sites (N-methyl/N-ethyl adjacent to an activating group) is 1. The van der Waals surface area contributed by atoms with Gasteiger partial charge in [0.05, 0.1) is 25.4 Å². The van der Waals surface area contributed by atoms with Crippen LogP contribution in [-0.2, 0) is 24.0 Å². The van der Waals surface area contributed by atoms with E-state index in [1.54, 1.807) is 43.1 Å². The molecule has 1 aliphatic carbocycles. The fourth-order valence-corrected chi connectivity index (χ4v) is 5.14. The Morgan fingerprint density at radius 1 is 1.07 bits per heavy atom. The minimum absolute atomic E-state index is 0.0395. The van der Waals surface area contributed by atoms with Crippen molar-refractivity contribution in [3.8, 4) is 11.6 Å². The van der Waals surface area contributed by atoms with E-state index >= 15 is 0 Å². The van der Waals surface area contributed by atoms with E-state index in [1.165, 1.54) is 20.7 Å². The van der Waals surface area contributed by atoms with Crippen LogP contribution in [0.5, 0.6) is 5.88 Å². The van der Waals surface area contributed by atoms with Crippen molar-refractivity contribution in [1.82, 2.24) is 30.0 Å². The molecule has 1 aliphatic heterocycles. The summed E-state index contributed by atoms with van der Waals surface area (Å²) >= 11 is 0. The number of rotatable bonds is 13. The highest BCUT2D eigenvalue weighted by atomic mass is 16.8. The SMILES string of the molecule is CCOC(=O)ON1CCN(C(=O)[C@H](CCC(=O)O)NC(=O)c2cc(OC3(C(=O)N(C)C(C)C)CCC3)n(-c3ccccc3)n2)CC1. The number of para-hydroxylation sites is 1. The Morgan fingerprint density at radius 3 is 2.30 bits per heavy atom. The second kappa shape index (κ2) is 15.1. The molecule has 0 unspecified atom stereocenters. The van der Waals surface area contributed by atoms with E-state index in [9.17, 15) is 29.1 Å². The molecule has 0 radical (unpaired) electrons. The molecule has 46 heavy (non-hydrogen) atoms. The first kappa shape index (κ1) is 34.2. The summed E-state index contributed by atoms with van der Waals surface area (Å²) in [6.07, 6.45) is 0.473. The molecule has 2 heterocycles. The van der Waals surface area contributed by atoms with Crippen LogP contribution in [0.2, 0.25) is 0 Å². The average molecular weight is 643 g/mol. The molecule has 0 spiro atoms. The average Bonchev–Trinajstić information content (AvgIpc) is 3.44. The summed E-state index contributed by atoms with van der Waals surface area (Å²) in [5.41, 5.74) is -0.575. The lowest BCUT2D eigenvalue weighted by atomic mass is 9.78. The zero-order valence-electron chi connectivity index (χ0n) is 26.6. The molecule has 2 N–H and O–H groups in total. The predicted octanol–water partition coefficient (Wildman–Crippen LogP) is 2.24. The topological polar surface area (TPSA) is 173 Å². The van der Waals surface area contributed by atoms with Crippen LogP contribution in [0.4, 0.5) is 4.79 Å². The lowest BCUT2D eigenvalue weighted by Crippen LogP contribution is -2.57. The van der Waals surface area contributed by atoms with E-state index in [1.807, 2.05) is 19.9 Å². The number of ether oxygens (including phenoxy) is 2. The fraction of sp³-hybridized carbons (Fsp3) is 0.548. The number of aromatic nitrogens is 2. The molecule has 1 saturated heterocycles. The first-order chi connectivity index (χ1) is 21.9. The number of hydrogen-bond donors (Lipinski definition) is 2. The maximum absolute atomic E-state index is 13.6. The Bertz CT molecular complexity index is 1400. The Hall–Kier alpha value is -4.66. The van der Waals surface area contributed by atoms with Crippen molar-refractivity contribution in [2.24, 2.45) is 0 Å². The number of carboxylic acid groups (broad SMARTS) is 1. The molecule has 3 amide bonds. The monoisotopic (exact) mass is 642 g/mol.